The van der Waals surface area contributed by atoms with Crippen molar-refractivity contribution in [2.75, 3.05) is 5.32 Å². The number of amides is 2. The molecule has 2 N–H and O–H groups in total. The van der Waals surface area contributed by atoms with E-state index in [4.69, 9.17) is 0 Å². The van der Waals surface area contributed by atoms with Crippen LogP contribution in [0.1, 0.15) is 34.3 Å². The van der Waals surface area contributed by atoms with E-state index in [1.54, 1.807) is 24.3 Å². The molecule has 0 aliphatic heterocycles. The zero-order valence-electron chi connectivity index (χ0n) is 15.7. The molecule has 4 heteroatoms. The van der Waals surface area contributed by atoms with Gasteiger partial charge in [-0.1, -0.05) is 66.7 Å². The molecule has 0 aliphatic rings. The van der Waals surface area contributed by atoms with E-state index >= 15 is 0 Å². The number of benzene rings is 3. The molecule has 0 heterocycles. The lowest BCUT2D eigenvalue weighted by atomic mass is 10.1. The van der Waals surface area contributed by atoms with Gasteiger partial charge in [-0.2, -0.15) is 0 Å². The van der Waals surface area contributed by atoms with Gasteiger partial charge < -0.3 is 10.6 Å². The summed E-state index contributed by atoms with van der Waals surface area (Å²) in [6.07, 6.45) is 2.10. The average Bonchev–Trinajstić information content (AvgIpc) is 2.74. The van der Waals surface area contributed by atoms with Crippen molar-refractivity contribution in [2.45, 2.75) is 25.8 Å². The van der Waals surface area contributed by atoms with E-state index in [0.29, 0.717) is 24.2 Å². The third-order valence-corrected chi connectivity index (χ3v) is 4.42. The van der Waals surface area contributed by atoms with Crippen LogP contribution >= 0.6 is 0 Å². The first-order valence-electron chi connectivity index (χ1n) is 9.47. The van der Waals surface area contributed by atoms with E-state index in [9.17, 15) is 9.59 Å². The van der Waals surface area contributed by atoms with Crippen LogP contribution in [0.4, 0.5) is 5.69 Å². The maximum absolute atomic E-state index is 12.4. The fraction of sp³-hybridized carbons (Fsp3) is 0.167. The number of hydrogen-bond donors (Lipinski definition) is 2. The largest absolute Gasteiger partial charge is 0.348 e. The first-order chi connectivity index (χ1) is 13.7. The van der Waals surface area contributed by atoms with Crippen LogP contribution in [-0.2, 0) is 17.8 Å². The minimum Gasteiger partial charge on any atom is -0.348 e. The molecule has 3 aromatic rings. The van der Waals surface area contributed by atoms with Crippen molar-refractivity contribution >= 4 is 17.5 Å². The summed E-state index contributed by atoms with van der Waals surface area (Å²) in [7, 11) is 0. The summed E-state index contributed by atoms with van der Waals surface area (Å²) in [6, 6.07) is 26.9. The molecular weight excluding hydrogens is 348 g/mol. The van der Waals surface area contributed by atoms with Crippen molar-refractivity contribution in [3.05, 3.63) is 102 Å². The van der Waals surface area contributed by atoms with Crippen molar-refractivity contribution < 1.29 is 9.59 Å². The first kappa shape index (κ1) is 19.4. The predicted octanol–water partition coefficient (Wildman–Crippen LogP) is 4.58. The quantitative estimate of drug-likeness (QED) is 0.608. The van der Waals surface area contributed by atoms with Crippen molar-refractivity contribution in [1.29, 1.82) is 0 Å². The Hall–Kier alpha value is -3.40. The molecule has 0 saturated carbocycles. The van der Waals surface area contributed by atoms with Crippen LogP contribution in [0.2, 0.25) is 0 Å². The number of carbonyl (C=O) groups is 2. The normalized spacial score (nSPS) is 10.3. The zero-order chi connectivity index (χ0) is 19.6. The van der Waals surface area contributed by atoms with Crippen LogP contribution in [0, 0.1) is 0 Å². The Morgan fingerprint density at radius 3 is 2.14 bits per heavy atom. The van der Waals surface area contributed by atoms with Crippen LogP contribution in [0.3, 0.4) is 0 Å². The number of nitrogens with one attached hydrogen (secondary N) is 2. The van der Waals surface area contributed by atoms with Gasteiger partial charge in [-0.3, -0.25) is 9.59 Å². The van der Waals surface area contributed by atoms with E-state index in [1.165, 1.54) is 5.56 Å². The van der Waals surface area contributed by atoms with Gasteiger partial charge in [-0.15, -0.1) is 0 Å². The molecule has 2 amide bonds. The molecule has 4 nitrogen and oxygen atoms in total. The van der Waals surface area contributed by atoms with Crippen molar-refractivity contribution in [1.82, 2.24) is 5.32 Å². The molecule has 28 heavy (non-hydrogen) atoms. The third-order valence-electron chi connectivity index (χ3n) is 4.42. The Labute approximate surface area is 165 Å². The van der Waals surface area contributed by atoms with Crippen molar-refractivity contribution in [2.24, 2.45) is 0 Å². The number of aryl methyl sites for hydroxylation is 1. The molecule has 0 fully saturated rings. The third kappa shape index (κ3) is 6.09. The molecule has 0 saturated heterocycles. The van der Waals surface area contributed by atoms with E-state index < -0.39 is 0 Å². The van der Waals surface area contributed by atoms with Crippen molar-refractivity contribution in [3.8, 4) is 0 Å². The van der Waals surface area contributed by atoms with Gasteiger partial charge >= 0.3 is 0 Å². The number of hydrogen-bond acceptors (Lipinski definition) is 2. The highest BCUT2D eigenvalue weighted by molar-refractivity contribution is 5.97. The topological polar surface area (TPSA) is 58.2 Å². The predicted molar refractivity (Wildman–Crippen MR) is 112 cm³/mol. The van der Waals surface area contributed by atoms with Crippen LogP contribution in [0.25, 0.3) is 0 Å². The van der Waals surface area contributed by atoms with Crippen molar-refractivity contribution in [3.63, 3.8) is 0 Å². The molecule has 3 aromatic carbocycles. The zero-order valence-corrected chi connectivity index (χ0v) is 15.7. The molecular formula is C24H24N2O2. The van der Waals surface area contributed by atoms with Gasteiger partial charge in [0.05, 0.1) is 0 Å². The first-order valence-corrected chi connectivity index (χ1v) is 9.47. The Morgan fingerprint density at radius 1 is 0.750 bits per heavy atom. The molecule has 3 rings (SSSR count). The molecule has 0 atom stereocenters. The Balaban J connectivity index is 1.48. The Bertz CT molecular complexity index is 908. The summed E-state index contributed by atoms with van der Waals surface area (Å²) in [4.78, 5) is 24.5. The SMILES string of the molecule is O=C(CCCc1ccccc1)Nc1cccc(C(=O)NCc2ccccc2)c1. The number of rotatable bonds is 8. The summed E-state index contributed by atoms with van der Waals surface area (Å²) >= 11 is 0. The second-order valence-electron chi connectivity index (χ2n) is 6.64. The van der Waals surface area contributed by atoms with E-state index in [1.807, 2.05) is 48.5 Å². The minimum atomic E-state index is -0.163. The average molecular weight is 372 g/mol. The standard InChI is InChI=1S/C24H24N2O2/c27-23(16-7-13-19-9-3-1-4-10-19)26-22-15-8-14-21(17-22)24(28)25-18-20-11-5-2-6-12-20/h1-6,8-12,14-15,17H,7,13,16,18H2,(H,25,28)(H,26,27). The van der Waals surface area contributed by atoms with Crippen LogP contribution in [0.5, 0.6) is 0 Å². The van der Waals surface area contributed by atoms with Gasteiger partial charge in [0.2, 0.25) is 5.91 Å². The van der Waals surface area contributed by atoms with E-state index in [0.717, 1.165) is 18.4 Å². The highest BCUT2D eigenvalue weighted by Gasteiger charge is 2.08. The van der Waals surface area contributed by atoms with Crippen LogP contribution in [0.15, 0.2) is 84.9 Å². The monoisotopic (exact) mass is 372 g/mol. The van der Waals surface area contributed by atoms with E-state index in [-0.39, 0.29) is 11.8 Å². The maximum Gasteiger partial charge on any atom is 0.251 e. The fourth-order valence-electron chi connectivity index (χ4n) is 2.94. The lowest BCUT2D eigenvalue weighted by molar-refractivity contribution is -0.116. The van der Waals surface area contributed by atoms with Gasteiger partial charge in [-0.25, -0.2) is 0 Å². The maximum atomic E-state index is 12.4. The molecule has 0 radical (unpaired) electrons. The summed E-state index contributed by atoms with van der Waals surface area (Å²) < 4.78 is 0. The molecule has 0 aliphatic carbocycles. The lowest BCUT2D eigenvalue weighted by Crippen LogP contribution is -2.23. The fourth-order valence-corrected chi connectivity index (χ4v) is 2.94. The highest BCUT2D eigenvalue weighted by Crippen LogP contribution is 2.12. The number of anilines is 1. The summed E-state index contributed by atoms with van der Waals surface area (Å²) in [5.74, 6) is -0.207. The van der Waals surface area contributed by atoms with Gasteiger partial charge in [0.1, 0.15) is 0 Å². The summed E-state index contributed by atoms with van der Waals surface area (Å²) in [5, 5.41) is 5.77. The molecule has 0 unspecified atom stereocenters. The summed E-state index contributed by atoms with van der Waals surface area (Å²) in [6.45, 7) is 0.468. The second kappa shape index (κ2) is 10.1. The van der Waals surface area contributed by atoms with Crippen LogP contribution in [-0.4, -0.2) is 11.8 Å². The van der Waals surface area contributed by atoms with Gasteiger partial charge in [0.25, 0.3) is 5.91 Å². The smallest absolute Gasteiger partial charge is 0.251 e. The number of carbonyl (C=O) groups excluding carboxylic acids is 2. The highest BCUT2D eigenvalue weighted by atomic mass is 16.2. The van der Waals surface area contributed by atoms with Gasteiger partial charge in [0.15, 0.2) is 0 Å². The summed E-state index contributed by atoms with van der Waals surface area (Å²) in [5.41, 5.74) is 3.43. The molecule has 0 spiro atoms. The van der Waals surface area contributed by atoms with Gasteiger partial charge in [0, 0.05) is 24.2 Å². The van der Waals surface area contributed by atoms with E-state index in [2.05, 4.69) is 22.8 Å². The molecule has 142 valence electrons. The Morgan fingerprint density at radius 2 is 1.43 bits per heavy atom. The minimum absolute atomic E-state index is 0.0437. The van der Waals surface area contributed by atoms with Gasteiger partial charge in [-0.05, 0) is 42.2 Å². The second-order valence-corrected chi connectivity index (χ2v) is 6.64. The molecule has 0 aromatic heterocycles. The molecule has 0 bridgehead atoms. The Kier molecular flexibility index (Phi) is 6.96. The van der Waals surface area contributed by atoms with Crippen LogP contribution < -0.4 is 10.6 Å². The lowest BCUT2D eigenvalue weighted by Gasteiger charge is -2.09.